The van der Waals surface area contributed by atoms with E-state index in [1.54, 1.807) is 6.21 Å². The molecule has 0 unspecified atom stereocenters. The highest BCUT2D eigenvalue weighted by Gasteiger charge is 2.18. The van der Waals surface area contributed by atoms with Gasteiger partial charge >= 0.3 is 0 Å². The van der Waals surface area contributed by atoms with Crippen LogP contribution < -0.4 is 15.2 Å². The van der Waals surface area contributed by atoms with Crippen molar-refractivity contribution in [3.05, 3.63) is 41.3 Å². The molecule has 154 valence electrons. The summed E-state index contributed by atoms with van der Waals surface area (Å²) in [5, 5.41) is 4.21. The fourth-order valence-electron chi connectivity index (χ4n) is 3.49. The molecule has 29 heavy (non-hydrogen) atoms. The molecule has 1 N–H and O–H groups in total. The topological polar surface area (TPSA) is 75.1 Å². The number of benzene rings is 1. The maximum atomic E-state index is 14.1. The van der Waals surface area contributed by atoms with Crippen molar-refractivity contribution in [3.63, 3.8) is 0 Å². The molecular weight excluding hydrogens is 375 g/mol. The first kappa shape index (κ1) is 19.5. The second-order valence-electron chi connectivity index (χ2n) is 6.98. The minimum Gasteiger partial charge on any atom is -0.378 e. The van der Waals surface area contributed by atoms with Crippen molar-refractivity contribution in [2.45, 2.75) is 6.92 Å². The number of aryl methyl sites for hydroxylation is 1. The second kappa shape index (κ2) is 9.15. The molecule has 2 aromatic rings. The Morgan fingerprint density at radius 1 is 1.07 bits per heavy atom. The molecule has 3 heterocycles. The van der Waals surface area contributed by atoms with Gasteiger partial charge < -0.3 is 19.3 Å². The highest BCUT2D eigenvalue weighted by molar-refractivity contribution is 5.81. The minimum atomic E-state index is -0.448. The molecule has 1 aromatic heterocycles. The lowest BCUT2D eigenvalue weighted by Gasteiger charge is -2.30. The highest BCUT2D eigenvalue weighted by atomic mass is 19.1. The number of hydrogen-bond acceptors (Lipinski definition) is 8. The molecule has 4 rings (SSSR count). The molecule has 0 radical (unpaired) electrons. The Kier molecular flexibility index (Phi) is 6.16. The number of halogens is 1. The van der Waals surface area contributed by atoms with Crippen LogP contribution in [0.25, 0.3) is 0 Å². The van der Waals surface area contributed by atoms with Gasteiger partial charge in [-0.15, -0.1) is 0 Å². The number of nitrogens with zero attached hydrogens (tertiary/aromatic N) is 5. The maximum Gasteiger partial charge on any atom is 0.245 e. The lowest BCUT2D eigenvalue weighted by atomic mass is 10.1. The summed E-state index contributed by atoms with van der Waals surface area (Å²) in [5.74, 6) is 0.0771. The van der Waals surface area contributed by atoms with Gasteiger partial charge in [-0.2, -0.15) is 10.1 Å². The van der Waals surface area contributed by atoms with Crippen molar-refractivity contribution in [2.75, 3.05) is 67.8 Å². The fourth-order valence-corrected chi connectivity index (χ4v) is 3.49. The molecule has 2 aliphatic rings. The Morgan fingerprint density at radius 3 is 2.45 bits per heavy atom. The van der Waals surface area contributed by atoms with Crippen LogP contribution in [0.4, 0.5) is 21.8 Å². The maximum absolute atomic E-state index is 14.1. The Morgan fingerprint density at radius 2 is 1.76 bits per heavy atom. The van der Waals surface area contributed by atoms with Gasteiger partial charge in [-0.05, 0) is 30.2 Å². The molecule has 0 spiro atoms. The summed E-state index contributed by atoms with van der Waals surface area (Å²) in [5.41, 5.74) is 6.16. The Labute approximate surface area is 169 Å². The van der Waals surface area contributed by atoms with Crippen LogP contribution in [0.3, 0.4) is 0 Å². The summed E-state index contributed by atoms with van der Waals surface area (Å²) >= 11 is 0. The van der Waals surface area contributed by atoms with Gasteiger partial charge in [0.05, 0.1) is 38.8 Å². The molecule has 0 bridgehead atoms. The highest BCUT2D eigenvalue weighted by Crippen LogP contribution is 2.22. The molecule has 0 saturated carbocycles. The van der Waals surface area contributed by atoms with Crippen LogP contribution in [0.5, 0.6) is 0 Å². The minimum absolute atomic E-state index is 0.255. The largest absolute Gasteiger partial charge is 0.378 e. The zero-order chi connectivity index (χ0) is 20.1. The van der Waals surface area contributed by atoms with E-state index in [2.05, 4.69) is 44.5 Å². The van der Waals surface area contributed by atoms with Gasteiger partial charge in [0.15, 0.2) is 11.6 Å². The normalized spacial score (nSPS) is 17.7. The van der Waals surface area contributed by atoms with E-state index in [0.717, 1.165) is 38.1 Å². The number of nitrogens with one attached hydrogen (secondary N) is 1. The Hall–Kier alpha value is -2.78. The summed E-state index contributed by atoms with van der Waals surface area (Å²) in [6.45, 7) is 7.75. The van der Waals surface area contributed by atoms with Gasteiger partial charge in [0.2, 0.25) is 5.95 Å². The summed E-state index contributed by atoms with van der Waals surface area (Å²) < 4.78 is 24.8. The van der Waals surface area contributed by atoms with Crippen molar-refractivity contribution in [2.24, 2.45) is 5.10 Å². The van der Waals surface area contributed by atoms with Crippen LogP contribution in [-0.2, 0) is 9.47 Å². The zero-order valence-electron chi connectivity index (χ0n) is 16.5. The van der Waals surface area contributed by atoms with Gasteiger partial charge in [-0.1, -0.05) is 6.07 Å². The van der Waals surface area contributed by atoms with Gasteiger partial charge in [-0.3, -0.25) is 0 Å². The lowest BCUT2D eigenvalue weighted by Crippen LogP contribution is -2.37. The Balaban J connectivity index is 1.41. The van der Waals surface area contributed by atoms with Crippen molar-refractivity contribution in [3.8, 4) is 0 Å². The van der Waals surface area contributed by atoms with Crippen LogP contribution in [0.2, 0.25) is 0 Å². The van der Waals surface area contributed by atoms with E-state index in [4.69, 9.17) is 9.47 Å². The predicted octanol–water partition coefficient (Wildman–Crippen LogP) is 2.04. The van der Waals surface area contributed by atoms with Crippen molar-refractivity contribution in [1.82, 2.24) is 9.97 Å². The molecule has 0 aliphatic carbocycles. The lowest BCUT2D eigenvalue weighted by molar-refractivity contribution is 0.122. The van der Waals surface area contributed by atoms with Gasteiger partial charge in [0.1, 0.15) is 0 Å². The standard InChI is InChI=1S/C20H25FN6O2/c1-15-12-16(2-3-18(15)26-4-8-28-9-5-26)13-23-25-20-22-14-17(21)19(24-20)27-6-10-29-11-7-27/h2-3,12-14H,4-11H2,1H3,(H,22,24,25)/b23-13-. The number of morpholine rings is 2. The quantitative estimate of drug-likeness (QED) is 0.608. The van der Waals surface area contributed by atoms with E-state index < -0.39 is 5.82 Å². The van der Waals surface area contributed by atoms with E-state index >= 15 is 0 Å². The average Bonchev–Trinajstić information content (AvgIpc) is 2.76. The molecule has 1 aromatic carbocycles. The molecule has 9 heteroatoms. The van der Waals surface area contributed by atoms with Gasteiger partial charge in [0, 0.05) is 31.9 Å². The summed E-state index contributed by atoms with van der Waals surface area (Å²) in [4.78, 5) is 12.4. The van der Waals surface area contributed by atoms with Gasteiger partial charge in [0.25, 0.3) is 0 Å². The first-order chi connectivity index (χ1) is 14.2. The first-order valence-electron chi connectivity index (χ1n) is 9.78. The van der Waals surface area contributed by atoms with Crippen molar-refractivity contribution < 1.29 is 13.9 Å². The van der Waals surface area contributed by atoms with E-state index in [1.807, 2.05) is 11.0 Å². The first-order valence-corrected chi connectivity index (χ1v) is 9.78. The van der Waals surface area contributed by atoms with E-state index in [9.17, 15) is 4.39 Å². The van der Waals surface area contributed by atoms with Crippen LogP contribution >= 0.6 is 0 Å². The molecule has 0 amide bonds. The molecule has 2 saturated heterocycles. The predicted molar refractivity (Wildman–Crippen MR) is 110 cm³/mol. The number of aromatic nitrogens is 2. The molecule has 8 nitrogen and oxygen atoms in total. The third-order valence-corrected chi connectivity index (χ3v) is 4.99. The monoisotopic (exact) mass is 400 g/mol. The SMILES string of the molecule is Cc1cc(/C=N\Nc2ncc(F)c(N3CCOCC3)n2)ccc1N1CCOCC1. The van der Waals surface area contributed by atoms with Crippen LogP contribution in [0.1, 0.15) is 11.1 Å². The Bertz CT molecular complexity index is 866. The summed E-state index contributed by atoms with van der Waals surface area (Å²) in [6.07, 6.45) is 2.87. The third kappa shape index (κ3) is 4.80. The molecular formula is C20H25FN6O2. The number of anilines is 3. The molecule has 2 fully saturated rings. The number of hydrazone groups is 1. The number of ether oxygens (including phenoxy) is 2. The van der Waals surface area contributed by atoms with Crippen LogP contribution in [0, 0.1) is 12.7 Å². The summed E-state index contributed by atoms with van der Waals surface area (Å²) in [7, 11) is 0. The molecule has 0 atom stereocenters. The average molecular weight is 400 g/mol. The van der Waals surface area contributed by atoms with Crippen molar-refractivity contribution in [1.29, 1.82) is 0 Å². The van der Waals surface area contributed by atoms with Crippen molar-refractivity contribution >= 4 is 23.7 Å². The van der Waals surface area contributed by atoms with Gasteiger partial charge in [-0.25, -0.2) is 14.8 Å². The third-order valence-electron chi connectivity index (χ3n) is 4.99. The zero-order valence-corrected chi connectivity index (χ0v) is 16.5. The smallest absolute Gasteiger partial charge is 0.245 e. The number of hydrogen-bond donors (Lipinski definition) is 1. The molecule has 2 aliphatic heterocycles. The second-order valence-corrected chi connectivity index (χ2v) is 6.98. The van der Waals surface area contributed by atoms with E-state index in [1.165, 1.54) is 11.3 Å². The summed E-state index contributed by atoms with van der Waals surface area (Å²) in [6, 6.07) is 6.21. The van der Waals surface area contributed by atoms with Crippen LogP contribution in [-0.4, -0.2) is 68.8 Å². The van der Waals surface area contributed by atoms with Crippen LogP contribution in [0.15, 0.2) is 29.5 Å². The van der Waals surface area contributed by atoms with E-state index in [0.29, 0.717) is 26.3 Å². The van der Waals surface area contributed by atoms with E-state index in [-0.39, 0.29) is 11.8 Å². The number of rotatable bonds is 5. The fraction of sp³-hybridized carbons (Fsp3) is 0.450.